The predicted molar refractivity (Wildman–Crippen MR) is 109 cm³/mol. The lowest BCUT2D eigenvalue weighted by Crippen LogP contribution is -2.27. The number of carbonyl (C=O) groups is 1. The number of fused-ring (bicyclic) bond motifs is 3. The van der Waals surface area contributed by atoms with Crippen LogP contribution >= 0.6 is 15.9 Å². The first-order chi connectivity index (χ1) is 12.5. The van der Waals surface area contributed by atoms with Gasteiger partial charge in [0.15, 0.2) is 0 Å². The van der Waals surface area contributed by atoms with E-state index >= 15 is 0 Å². The van der Waals surface area contributed by atoms with Gasteiger partial charge in [0.2, 0.25) is 5.91 Å². The van der Waals surface area contributed by atoms with E-state index in [1.54, 1.807) is 4.57 Å². The van der Waals surface area contributed by atoms with E-state index in [0.717, 1.165) is 21.9 Å². The lowest BCUT2D eigenvalue weighted by Gasteiger charge is -2.13. The van der Waals surface area contributed by atoms with Crippen molar-refractivity contribution in [2.45, 2.75) is 39.7 Å². The van der Waals surface area contributed by atoms with Gasteiger partial charge in [-0.15, -0.1) is 0 Å². The standard InChI is InChI=1S/C20H24BrN3O2/c1-14(2)9-10-22-19(25)6-4-12-24-18-13-15(21)7-8-16(18)23-11-3-5-17(23)20(24)26/h3,5,7-8,11,13-14H,4,6,9-10,12H2,1-2H3,(H,22,25). The molecular weight excluding hydrogens is 394 g/mol. The van der Waals surface area contributed by atoms with Crippen LogP contribution < -0.4 is 10.9 Å². The Morgan fingerprint density at radius 2 is 2.00 bits per heavy atom. The highest BCUT2D eigenvalue weighted by Gasteiger charge is 2.11. The SMILES string of the molecule is CC(C)CCNC(=O)CCCn1c(=O)c2cccn2c2ccc(Br)cc21. The lowest BCUT2D eigenvalue weighted by molar-refractivity contribution is -0.121. The highest BCUT2D eigenvalue weighted by molar-refractivity contribution is 9.10. The largest absolute Gasteiger partial charge is 0.356 e. The molecule has 0 fully saturated rings. The zero-order chi connectivity index (χ0) is 18.7. The van der Waals surface area contributed by atoms with E-state index in [0.29, 0.717) is 37.4 Å². The molecule has 0 spiro atoms. The summed E-state index contributed by atoms with van der Waals surface area (Å²) in [6, 6.07) is 9.64. The quantitative estimate of drug-likeness (QED) is 0.632. The maximum Gasteiger partial charge on any atom is 0.275 e. The second kappa shape index (κ2) is 8.08. The summed E-state index contributed by atoms with van der Waals surface area (Å²) in [6.07, 6.45) is 3.94. The van der Waals surface area contributed by atoms with Gasteiger partial charge in [-0.2, -0.15) is 0 Å². The summed E-state index contributed by atoms with van der Waals surface area (Å²) in [7, 11) is 0. The van der Waals surface area contributed by atoms with Crippen LogP contribution in [0.4, 0.5) is 0 Å². The van der Waals surface area contributed by atoms with E-state index in [1.165, 1.54) is 0 Å². The van der Waals surface area contributed by atoms with Crippen LogP contribution in [0.2, 0.25) is 0 Å². The molecule has 3 rings (SSSR count). The van der Waals surface area contributed by atoms with E-state index in [2.05, 4.69) is 35.1 Å². The molecular formula is C20H24BrN3O2. The van der Waals surface area contributed by atoms with E-state index < -0.39 is 0 Å². The molecule has 0 aliphatic carbocycles. The molecule has 0 aliphatic heterocycles. The summed E-state index contributed by atoms with van der Waals surface area (Å²) in [4.78, 5) is 24.8. The molecule has 1 amide bonds. The van der Waals surface area contributed by atoms with Gasteiger partial charge in [0.05, 0.1) is 11.0 Å². The number of nitrogens with zero attached hydrogens (tertiary/aromatic N) is 2. The lowest BCUT2D eigenvalue weighted by atomic mass is 10.1. The van der Waals surface area contributed by atoms with Crippen LogP contribution in [0.3, 0.4) is 0 Å². The predicted octanol–water partition coefficient (Wildman–Crippen LogP) is 3.96. The summed E-state index contributed by atoms with van der Waals surface area (Å²) in [6.45, 7) is 5.51. The van der Waals surface area contributed by atoms with Crippen molar-refractivity contribution in [1.29, 1.82) is 0 Å². The Morgan fingerprint density at radius 3 is 2.77 bits per heavy atom. The van der Waals surface area contributed by atoms with Gasteiger partial charge >= 0.3 is 0 Å². The Bertz CT molecular complexity index is 988. The van der Waals surface area contributed by atoms with Crippen molar-refractivity contribution in [3.63, 3.8) is 0 Å². The monoisotopic (exact) mass is 417 g/mol. The smallest absolute Gasteiger partial charge is 0.275 e. The number of halogens is 1. The number of aryl methyl sites for hydroxylation is 1. The van der Waals surface area contributed by atoms with Crippen LogP contribution in [0, 0.1) is 5.92 Å². The number of amides is 1. The molecule has 0 unspecified atom stereocenters. The summed E-state index contributed by atoms with van der Waals surface area (Å²) >= 11 is 3.49. The van der Waals surface area contributed by atoms with Crippen LogP contribution in [-0.4, -0.2) is 21.4 Å². The second-order valence-electron chi connectivity index (χ2n) is 6.99. The first-order valence-electron chi connectivity index (χ1n) is 9.03. The highest BCUT2D eigenvalue weighted by atomic mass is 79.9. The fourth-order valence-corrected chi connectivity index (χ4v) is 3.49. The van der Waals surface area contributed by atoms with Gasteiger partial charge in [-0.05, 0) is 49.1 Å². The number of hydrogen-bond acceptors (Lipinski definition) is 2. The maximum absolute atomic E-state index is 12.9. The van der Waals surface area contributed by atoms with E-state index in [4.69, 9.17) is 0 Å². The van der Waals surface area contributed by atoms with Crippen LogP contribution in [0.5, 0.6) is 0 Å². The molecule has 6 heteroatoms. The molecule has 26 heavy (non-hydrogen) atoms. The molecule has 1 N–H and O–H groups in total. The fraction of sp³-hybridized carbons (Fsp3) is 0.400. The molecule has 0 aliphatic rings. The van der Waals surface area contributed by atoms with E-state index in [1.807, 2.05) is 40.9 Å². The Labute approximate surface area is 161 Å². The third kappa shape index (κ3) is 4.01. The third-order valence-corrected chi connectivity index (χ3v) is 5.02. The minimum absolute atomic E-state index is 0.0270. The van der Waals surface area contributed by atoms with Gasteiger partial charge in [0.1, 0.15) is 5.52 Å². The van der Waals surface area contributed by atoms with Gasteiger partial charge in [0, 0.05) is 30.2 Å². The van der Waals surface area contributed by atoms with Crippen molar-refractivity contribution in [3.05, 3.63) is 51.4 Å². The molecule has 1 aromatic carbocycles. The molecule has 0 radical (unpaired) electrons. The van der Waals surface area contributed by atoms with Crippen LogP contribution in [0.15, 0.2) is 45.8 Å². The van der Waals surface area contributed by atoms with Gasteiger partial charge < -0.3 is 14.3 Å². The summed E-state index contributed by atoms with van der Waals surface area (Å²) in [5.74, 6) is 0.625. The van der Waals surface area contributed by atoms with Crippen LogP contribution in [0.1, 0.15) is 33.1 Å². The zero-order valence-electron chi connectivity index (χ0n) is 15.2. The Morgan fingerprint density at radius 1 is 1.19 bits per heavy atom. The molecule has 138 valence electrons. The molecule has 0 saturated carbocycles. The number of benzene rings is 1. The Balaban J connectivity index is 1.78. The van der Waals surface area contributed by atoms with Crippen molar-refractivity contribution in [3.8, 4) is 0 Å². The molecule has 2 aromatic heterocycles. The van der Waals surface area contributed by atoms with Crippen LogP contribution in [0.25, 0.3) is 16.6 Å². The highest BCUT2D eigenvalue weighted by Crippen LogP contribution is 2.20. The number of carbonyl (C=O) groups excluding carboxylic acids is 1. The second-order valence-corrected chi connectivity index (χ2v) is 7.90. The van der Waals surface area contributed by atoms with Crippen molar-refractivity contribution in [2.75, 3.05) is 6.54 Å². The minimum atomic E-state index is -0.0270. The van der Waals surface area contributed by atoms with E-state index in [9.17, 15) is 9.59 Å². The average molecular weight is 418 g/mol. The molecule has 3 aromatic rings. The normalized spacial score (nSPS) is 11.5. The van der Waals surface area contributed by atoms with Crippen molar-refractivity contribution >= 4 is 38.4 Å². The van der Waals surface area contributed by atoms with Gasteiger partial charge in [0.25, 0.3) is 5.56 Å². The Kier molecular flexibility index (Phi) is 5.81. The van der Waals surface area contributed by atoms with Gasteiger partial charge in [-0.25, -0.2) is 0 Å². The first-order valence-corrected chi connectivity index (χ1v) is 9.82. The molecule has 0 bridgehead atoms. The Hall–Kier alpha value is -2.08. The number of hydrogen-bond donors (Lipinski definition) is 1. The molecule has 0 saturated heterocycles. The summed E-state index contributed by atoms with van der Waals surface area (Å²) < 4.78 is 4.62. The topological polar surface area (TPSA) is 55.5 Å². The van der Waals surface area contributed by atoms with Gasteiger partial charge in [-0.1, -0.05) is 29.8 Å². The third-order valence-electron chi connectivity index (χ3n) is 4.53. The molecule has 2 heterocycles. The van der Waals surface area contributed by atoms with Crippen molar-refractivity contribution in [1.82, 2.24) is 14.3 Å². The van der Waals surface area contributed by atoms with Crippen molar-refractivity contribution in [2.24, 2.45) is 5.92 Å². The summed E-state index contributed by atoms with van der Waals surface area (Å²) in [5.41, 5.74) is 2.48. The van der Waals surface area contributed by atoms with Gasteiger partial charge in [-0.3, -0.25) is 9.59 Å². The maximum atomic E-state index is 12.9. The number of rotatable bonds is 7. The summed E-state index contributed by atoms with van der Waals surface area (Å²) in [5, 5.41) is 2.95. The van der Waals surface area contributed by atoms with E-state index in [-0.39, 0.29) is 11.5 Å². The molecule has 5 nitrogen and oxygen atoms in total. The fourth-order valence-electron chi connectivity index (χ4n) is 3.14. The number of aromatic nitrogens is 2. The minimum Gasteiger partial charge on any atom is -0.356 e. The molecule has 0 atom stereocenters. The first kappa shape index (κ1) is 18.7. The average Bonchev–Trinajstić information content (AvgIpc) is 3.07. The number of nitrogens with one attached hydrogen (secondary N) is 1. The zero-order valence-corrected chi connectivity index (χ0v) is 16.8. The van der Waals surface area contributed by atoms with Crippen molar-refractivity contribution < 1.29 is 4.79 Å². The van der Waals surface area contributed by atoms with Crippen LogP contribution in [-0.2, 0) is 11.3 Å².